The van der Waals surface area contributed by atoms with Crippen molar-refractivity contribution in [3.8, 4) is 0 Å². The van der Waals surface area contributed by atoms with Crippen molar-refractivity contribution in [3.05, 3.63) is 71.3 Å². The number of amides is 2. The Balaban J connectivity index is 1.49. The zero-order valence-electron chi connectivity index (χ0n) is 17.3. The second-order valence-corrected chi connectivity index (χ2v) is 6.93. The standard InChI is InChI=1S/C23H22N2O6/c1-14-8-9-16(23(29)30-3)12-19(14)24-20(26)13-31-21(27)10-11-25-15(2)17-6-4-5-7-18(17)22(25)28/h4-9,12H,2,10-11,13H2,1,3H3,(H,24,26). The van der Waals surface area contributed by atoms with Crippen LogP contribution in [-0.2, 0) is 19.1 Å². The molecule has 1 N–H and O–H groups in total. The number of nitrogens with zero attached hydrogens (tertiary/aromatic N) is 1. The third kappa shape index (κ3) is 4.80. The first-order valence-corrected chi connectivity index (χ1v) is 9.56. The molecule has 8 nitrogen and oxygen atoms in total. The molecule has 2 aromatic carbocycles. The summed E-state index contributed by atoms with van der Waals surface area (Å²) < 4.78 is 9.68. The van der Waals surface area contributed by atoms with Gasteiger partial charge in [0.05, 0.1) is 19.1 Å². The van der Waals surface area contributed by atoms with Gasteiger partial charge in [0.1, 0.15) is 0 Å². The largest absolute Gasteiger partial charge is 0.465 e. The van der Waals surface area contributed by atoms with Crippen molar-refractivity contribution in [2.24, 2.45) is 0 Å². The minimum atomic E-state index is -0.619. The molecule has 1 aliphatic rings. The van der Waals surface area contributed by atoms with Crippen molar-refractivity contribution in [2.75, 3.05) is 25.6 Å². The van der Waals surface area contributed by atoms with Gasteiger partial charge in [-0.2, -0.15) is 0 Å². The van der Waals surface area contributed by atoms with Crippen LogP contribution in [0.2, 0.25) is 0 Å². The molecule has 0 aromatic heterocycles. The van der Waals surface area contributed by atoms with E-state index in [1.807, 2.05) is 6.07 Å². The van der Waals surface area contributed by atoms with Crippen LogP contribution in [0, 0.1) is 6.92 Å². The number of ether oxygens (including phenoxy) is 2. The molecule has 0 spiro atoms. The van der Waals surface area contributed by atoms with Gasteiger partial charge < -0.3 is 19.7 Å². The van der Waals surface area contributed by atoms with Crippen LogP contribution < -0.4 is 5.32 Å². The monoisotopic (exact) mass is 422 g/mol. The fourth-order valence-corrected chi connectivity index (χ4v) is 3.18. The fourth-order valence-electron chi connectivity index (χ4n) is 3.18. The first-order valence-electron chi connectivity index (χ1n) is 9.56. The van der Waals surface area contributed by atoms with Gasteiger partial charge in [0, 0.05) is 29.1 Å². The molecular weight excluding hydrogens is 400 g/mol. The average molecular weight is 422 g/mol. The van der Waals surface area contributed by atoms with Gasteiger partial charge in [-0.05, 0) is 30.7 Å². The SMILES string of the molecule is C=C1c2ccccc2C(=O)N1CCC(=O)OCC(=O)Nc1cc(C(=O)OC)ccc1C. The number of fused-ring (bicyclic) bond motifs is 1. The van der Waals surface area contributed by atoms with Crippen molar-refractivity contribution >= 4 is 35.1 Å². The first-order chi connectivity index (χ1) is 14.8. The van der Waals surface area contributed by atoms with Gasteiger partial charge in [-0.1, -0.05) is 30.8 Å². The van der Waals surface area contributed by atoms with Gasteiger partial charge >= 0.3 is 11.9 Å². The molecule has 31 heavy (non-hydrogen) atoms. The van der Waals surface area contributed by atoms with Gasteiger partial charge in [0.15, 0.2) is 6.61 Å². The molecule has 160 valence electrons. The lowest BCUT2D eigenvalue weighted by Gasteiger charge is -2.16. The summed E-state index contributed by atoms with van der Waals surface area (Å²) in [6, 6.07) is 11.8. The third-order valence-electron chi connectivity index (χ3n) is 4.88. The normalized spacial score (nSPS) is 12.4. The molecule has 2 amide bonds. The summed E-state index contributed by atoms with van der Waals surface area (Å²) in [5.41, 5.74) is 3.26. The molecule has 0 atom stereocenters. The molecule has 2 aromatic rings. The Hall–Kier alpha value is -3.94. The van der Waals surface area contributed by atoms with E-state index in [2.05, 4.69) is 16.6 Å². The van der Waals surface area contributed by atoms with E-state index in [1.54, 1.807) is 37.3 Å². The number of rotatable bonds is 7. The molecule has 8 heteroatoms. The molecule has 0 saturated carbocycles. The zero-order valence-corrected chi connectivity index (χ0v) is 17.3. The Labute approximate surface area is 179 Å². The predicted molar refractivity (Wildman–Crippen MR) is 113 cm³/mol. The van der Waals surface area contributed by atoms with E-state index in [0.717, 1.165) is 11.1 Å². The maximum atomic E-state index is 12.4. The summed E-state index contributed by atoms with van der Waals surface area (Å²) in [6.07, 6.45) is -0.0805. The zero-order chi connectivity index (χ0) is 22.5. The number of anilines is 1. The summed E-state index contributed by atoms with van der Waals surface area (Å²) in [7, 11) is 1.27. The second kappa shape index (κ2) is 9.25. The molecule has 0 radical (unpaired) electrons. The van der Waals surface area contributed by atoms with Gasteiger partial charge in [-0.15, -0.1) is 0 Å². The minimum absolute atomic E-state index is 0.0805. The van der Waals surface area contributed by atoms with Gasteiger partial charge in [0.2, 0.25) is 0 Å². The lowest BCUT2D eigenvalue weighted by molar-refractivity contribution is -0.147. The number of carbonyl (C=O) groups excluding carboxylic acids is 4. The molecule has 0 bridgehead atoms. The summed E-state index contributed by atoms with van der Waals surface area (Å²) in [5, 5.41) is 2.61. The number of methoxy groups -OCH3 is 1. The highest BCUT2D eigenvalue weighted by Crippen LogP contribution is 2.31. The summed E-state index contributed by atoms with van der Waals surface area (Å²) in [5.74, 6) is -1.91. The van der Waals surface area contributed by atoms with E-state index in [9.17, 15) is 19.2 Å². The van der Waals surface area contributed by atoms with Crippen LogP contribution in [0.15, 0.2) is 49.0 Å². The van der Waals surface area contributed by atoms with Crippen LogP contribution in [0.3, 0.4) is 0 Å². The molecule has 1 aliphatic heterocycles. The topological polar surface area (TPSA) is 102 Å². The highest BCUT2D eigenvalue weighted by Gasteiger charge is 2.30. The smallest absolute Gasteiger partial charge is 0.337 e. The van der Waals surface area contributed by atoms with Crippen LogP contribution in [0.5, 0.6) is 0 Å². The van der Waals surface area contributed by atoms with Crippen LogP contribution in [0.1, 0.15) is 38.3 Å². The van der Waals surface area contributed by atoms with E-state index >= 15 is 0 Å². The molecule has 1 heterocycles. The summed E-state index contributed by atoms with van der Waals surface area (Å²) in [6.45, 7) is 5.29. The molecule has 3 rings (SSSR count). The molecule has 0 unspecified atom stereocenters. The van der Waals surface area contributed by atoms with Crippen LogP contribution >= 0.6 is 0 Å². The maximum Gasteiger partial charge on any atom is 0.337 e. The van der Waals surface area contributed by atoms with Gasteiger partial charge in [-0.3, -0.25) is 14.4 Å². The molecular formula is C23H22N2O6. The first kappa shape index (κ1) is 21.8. The second-order valence-electron chi connectivity index (χ2n) is 6.93. The van der Waals surface area contributed by atoms with Crippen LogP contribution in [0.25, 0.3) is 5.70 Å². The van der Waals surface area contributed by atoms with Gasteiger partial charge in [-0.25, -0.2) is 4.79 Å². The third-order valence-corrected chi connectivity index (χ3v) is 4.88. The minimum Gasteiger partial charge on any atom is -0.465 e. The van der Waals surface area contributed by atoms with Crippen LogP contribution in [0.4, 0.5) is 5.69 Å². The lowest BCUT2D eigenvalue weighted by atomic mass is 10.1. The summed E-state index contributed by atoms with van der Waals surface area (Å²) >= 11 is 0. The van der Waals surface area contributed by atoms with E-state index < -0.39 is 24.5 Å². The van der Waals surface area contributed by atoms with Crippen molar-refractivity contribution in [1.29, 1.82) is 0 Å². The quantitative estimate of drug-likeness (QED) is 0.689. The van der Waals surface area contributed by atoms with Crippen molar-refractivity contribution in [1.82, 2.24) is 4.90 Å². The number of nitrogens with one attached hydrogen (secondary N) is 1. The van der Waals surface area contributed by atoms with Gasteiger partial charge in [0.25, 0.3) is 11.8 Å². The Kier molecular flexibility index (Phi) is 6.49. The van der Waals surface area contributed by atoms with Crippen molar-refractivity contribution < 1.29 is 28.7 Å². The average Bonchev–Trinajstić information content (AvgIpc) is 3.01. The Bertz CT molecular complexity index is 1040. The highest BCUT2D eigenvalue weighted by atomic mass is 16.5. The van der Waals surface area contributed by atoms with E-state index in [1.165, 1.54) is 18.1 Å². The number of hydrogen-bond acceptors (Lipinski definition) is 6. The van der Waals surface area contributed by atoms with Crippen molar-refractivity contribution in [2.45, 2.75) is 13.3 Å². The number of aryl methyl sites for hydroxylation is 1. The predicted octanol–water partition coefficient (Wildman–Crippen LogP) is 2.78. The lowest BCUT2D eigenvalue weighted by Crippen LogP contribution is -2.27. The Morgan fingerprint density at radius 3 is 2.48 bits per heavy atom. The molecule has 0 aliphatic carbocycles. The summed E-state index contributed by atoms with van der Waals surface area (Å²) in [4.78, 5) is 49.7. The van der Waals surface area contributed by atoms with E-state index in [0.29, 0.717) is 16.9 Å². The van der Waals surface area contributed by atoms with Crippen molar-refractivity contribution in [3.63, 3.8) is 0 Å². The number of hydrogen-bond donors (Lipinski definition) is 1. The molecule has 0 fully saturated rings. The van der Waals surface area contributed by atoms with E-state index in [4.69, 9.17) is 4.74 Å². The van der Waals surface area contributed by atoms with E-state index in [-0.39, 0.29) is 24.4 Å². The Morgan fingerprint density at radius 2 is 1.81 bits per heavy atom. The molecule has 0 saturated heterocycles. The number of benzene rings is 2. The Morgan fingerprint density at radius 1 is 1.10 bits per heavy atom. The maximum absolute atomic E-state index is 12.4. The van der Waals surface area contributed by atoms with Crippen LogP contribution in [-0.4, -0.2) is 48.9 Å². The number of esters is 2. The fraction of sp³-hybridized carbons (Fsp3) is 0.217. The highest BCUT2D eigenvalue weighted by molar-refractivity contribution is 6.08. The number of carbonyl (C=O) groups is 4.